The van der Waals surface area contributed by atoms with Crippen LogP contribution in [0.15, 0.2) is 0 Å². The topological polar surface area (TPSA) is 66.8 Å². The summed E-state index contributed by atoms with van der Waals surface area (Å²) in [7, 11) is 0. The second-order valence-electron chi connectivity index (χ2n) is 3.88. The molecule has 2 bridgehead atoms. The molecular weight excluding hydrogens is 172 g/mol. The number of fused-ring (bicyclic) bond motifs is 2. The highest BCUT2D eigenvalue weighted by atomic mass is 16.5. The monoisotopic (exact) mass is 186 g/mol. The van der Waals surface area contributed by atoms with Gasteiger partial charge in [0.2, 0.25) is 0 Å². The van der Waals surface area contributed by atoms with Crippen molar-refractivity contribution in [3.63, 3.8) is 0 Å². The van der Waals surface area contributed by atoms with Crippen LogP contribution in [0.3, 0.4) is 0 Å². The van der Waals surface area contributed by atoms with Crippen LogP contribution in [-0.4, -0.2) is 35.0 Å². The number of aliphatic hydroxyl groups excluding tert-OH is 2. The molecule has 0 aromatic carbocycles. The van der Waals surface area contributed by atoms with E-state index >= 15 is 0 Å². The molecule has 1 saturated carbocycles. The van der Waals surface area contributed by atoms with Crippen LogP contribution in [-0.2, 0) is 9.53 Å². The van der Waals surface area contributed by atoms with Crippen LogP contribution in [0.2, 0.25) is 0 Å². The highest BCUT2D eigenvalue weighted by molar-refractivity contribution is 5.70. The summed E-state index contributed by atoms with van der Waals surface area (Å²) in [5, 5.41) is 18.7. The fourth-order valence-electron chi connectivity index (χ4n) is 2.46. The maximum absolute atomic E-state index is 11.1. The number of rotatable bonds is 1. The Balaban J connectivity index is 2.17. The highest BCUT2D eigenvalue weighted by Crippen LogP contribution is 2.39. The molecule has 1 aliphatic carbocycles. The average molecular weight is 186 g/mol. The van der Waals surface area contributed by atoms with Crippen LogP contribution in [0.1, 0.15) is 19.3 Å². The third-order valence-electron chi connectivity index (χ3n) is 3.17. The first kappa shape index (κ1) is 8.97. The number of hydrogen-bond acceptors (Lipinski definition) is 4. The fourth-order valence-corrected chi connectivity index (χ4v) is 2.46. The predicted octanol–water partition coefficient (Wildman–Crippen LogP) is -0.319. The zero-order valence-corrected chi connectivity index (χ0v) is 7.35. The van der Waals surface area contributed by atoms with Crippen molar-refractivity contribution >= 4 is 5.97 Å². The molecule has 2 fully saturated rings. The third kappa shape index (κ3) is 1.44. The molecule has 1 aliphatic heterocycles. The molecule has 2 rings (SSSR count). The van der Waals surface area contributed by atoms with Crippen molar-refractivity contribution in [2.45, 2.75) is 31.5 Å². The van der Waals surface area contributed by atoms with Gasteiger partial charge in [0.25, 0.3) is 0 Å². The molecule has 4 heteroatoms. The molecule has 2 aliphatic rings. The summed E-state index contributed by atoms with van der Waals surface area (Å²) < 4.78 is 5.12. The van der Waals surface area contributed by atoms with Crippen molar-refractivity contribution in [3.05, 3.63) is 0 Å². The first-order chi connectivity index (χ1) is 6.22. The molecule has 13 heavy (non-hydrogen) atoms. The van der Waals surface area contributed by atoms with Gasteiger partial charge in [0.05, 0.1) is 6.10 Å². The quantitative estimate of drug-likeness (QED) is 0.551. The van der Waals surface area contributed by atoms with E-state index in [4.69, 9.17) is 9.84 Å². The smallest absolute Gasteiger partial charge is 0.306 e. The van der Waals surface area contributed by atoms with Gasteiger partial charge in [-0.25, -0.2) is 0 Å². The zero-order valence-electron chi connectivity index (χ0n) is 7.35. The van der Waals surface area contributed by atoms with Crippen LogP contribution in [0, 0.1) is 11.8 Å². The van der Waals surface area contributed by atoms with Gasteiger partial charge >= 0.3 is 5.97 Å². The summed E-state index contributed by atoms with van der Waals surface area (Å²) >= 11 is 0. The van der Waals surface area contributed by atoms with Crippen LogP contribution in [0.4, 0.5) is 0 Å². The molecule has 2 N–H and O–H groups in total. The van der Waals surface area contributed by atoms with Crippen LogP contribution in [0.25, 0.3) is 0 Å². The second kappa shape index (κ2) is 3.27. The van der Waals surface area contributed by atoms with Crippen LogP contribution < -0.4 is 0 Å². The molecule has 0 radical (unpaired) electrons. The number of ether oxygens (including phenoxy) is 1. The van der Waals surface area contributed by atoms with E-state index in [1.165, 1.54) is 0 Å². The van der Waals surface area contributed by atoms with Gasteiger partial charge in [0.1, 0.15) is 6.10 Å². The number of esters is 1. The molecule has 1 saturated heterocycles. The summed E-state index contributed by atoms with van der Waals surface area (Å²) in [6.45, 7) is -0.000324. The normalized spacial score (nSPS) is 44.3. The minimum atomic E-state index is -0.407. The van der Waals surface area contributed by atoms with Gasteiger partial charge in [-0.3, -0.25) is 4.79 Å². The van der Waals surface area contributed by atoms with Crippen molar-refractivity contribution in [2.24, 2.45) is 11.8 Å². The second-order valence-corrected chi connectivity index (χ2v) is 3.88. The average Bonchev–Trinajstić information content (AvgIpc) is 2.26. The molecule has 0 unspecified atom stereocenters. The van der Waals surface area contributed by atoms with Gasteiger partial charge < -0.3 is 14.9 Å². The summed E-state index contributed by atoms with van der Waals surface area (Å²) in [6, 6.07) is 0. The van der Waals surface area contributed by atoms with Crippen LogP contribution in [0.5, 0.6) is 0 Å². The zero-order chi connectivity index (χ0) is 9.42. The molecule has 74 valence electrons. The van der Waals surface area contributed by atoms with E-state index in [1.54, 1.807) is 0 Å². The standard InChI is InChI=1S/C9H14O4/c10-4-6-5-1-2-9(12)13-8(6)3-7(5)11/h5-8,10-11H,1-4H2/t5-,6+,7+,8-/m0/s1. The van der Waals surface area contributed by atoms with E-state index in [0.29, 0.717) is 19.3 Å². The lowest BCUT2D eigenvalue weighted by atomic mass is 9.91. The summed E-state index contributed by atoms with van der Waals surface area (Å²) in [5.41, 5.74) is 0. The Kier molecular flexibility index (Phi) is 2.26. The Labute approximate surface area is 76.5 Å². The van der Waals surface area contributed by atoms with Gasteiger partial charge in [0, 0.05) is 25.4 Å². The lowest BCUT2D eigenvalue weighted by molar-refractivity contribution is -0.150. The van der Waals surface area contributed by atoms with Crippen molar-refractivity contribution in [1.82, 2.24) is 0 Å². The fraction of sp³-hybridized carbons (Fsp3) is 0.889. The van der Waals surface area contributed by atoms with Crippen molar-refractivity contribution in [3.8, 4) is 0 Å². The first-order valence-electron chi connectivity index (χ1n) is 4.70. The molecule has 0 amide bonds. The third-order valence-corrected chi connectivity index (χ3v) is 3.17. The van der Waals surface area contributed by atoms with E-state index in [1.807, 2.05) is 0 Å². The molecule has 0 aromatic heterocycles. The highest BCUT2D eigenvalue weighted by Gasteiger charge is 2.46. The van der Waals surface area contributed by atoms with Crippen molar-refractivity contribution in [1.29, 1.82) is 0 Å². The Bertz CT molecular complexity index is 216. The lowest BCUT2D eigenvalue weighted by Crippen LogP contribution is -2.24. The predicted molar refractivity (Wildman–Crippen MR) is 43.8 cm³/mol. The molecule has 4 atom stereocenters. The summed E-state index contributed by atoms with van der Waals surface area (Å²) in [5.74, 6) is -0.208. The number of carbonyl (C=O) groups excluding carboxylic acids is 1. The SMILES string of the molecule is O=C1CC[C@H]2[C@@H](CO)[C@H](C[C@H]2O)O1. The molecule has 1 heterocycles. The van der Waals surface area contributed by atoms with Gasteiger partial charge in [-0.2, -0.15) is 0 Å². The lowest BCUT2D eigenvalue weighted by Gasteiger charge is -2.18. The van der Waals surface area contributed by atoms with E-state index in [9.17, 15) is 9.90 Å². The minimum Gasteiger partial charge on any atom is -0.462 e. The van der Waals surface area contributed by atoms with Gasteiger partial charge in [-0.05, 0) is 12.3 Å². The molecule has 0 spiro atoms. The van der Waals surface area contributed by atoms with Gasteiger partial charge in [-0.15, -0.1) is 0 Å². The maximum atomic E-state index is 11.1. The molecule has 4 nitrogen and oxygen atoms in total. The Morgan fingerprint density at radius 1 is 1.54 bits per heavy atom. The molecule has 0 aromatic rings. The number of carbonyl (C=O) groups is 1. The van der Waals surface area contributed by atoms with E-state index < -0.39 is 6.10 Å². The minimum absolute atomic E-state index is 0.000324. The Morgan fingerprint density at radius 3 is 3.00 bits per heavy atom. The van der Waals surface area contributed by atoms with Gasteiger partial charge in [-0.1, -0.05) is 0 Å². The van der Waals surface area contributed by atoms with E-state index in [-0.39, 0.29) is 30.5 Å². The Hall–Kier alpha value is -0.610. The van der Waals surface area contributed by atoms with E-state index in [0.717, 1.165) is 0 Å². The van der Waals surface area contributed by atoms with Crippen molar-refractivity contribution in [2.75, 3.05) is 6.61 Å². The first-order valence-corrected chi connectivity index (χ1v) is 4.70. The van der Waals surface area contributed by atoms with Crippen molar-refractivity contribution < 1.29 is 19.7 Å². The van der Waals surface area contributed by atoms with Gasteiger partial charge in [0.15, 0.2) is 0 Å². The summed E-state index contributed by atoms with van der Waals surface area (Å²) in [4.78, 5) is 11.1. The van der Waals surface area contributed by atoms with E-state index in [2.05, 4.69) is 0 Å². The molecular formula is C9H14O4. The number of hydrogen-bond donors (Lipinski definition) is 2. The Morgan fingerprint density at radius 2 is 2.31 bits per heavy atom. The largest absolute Gasteiger partial charge is 0.462 e. The van der Waals surface area contributed by atoms with Crippen LogP contribution >= 0.6 is 0 Å². The number of aliphatic hydroxyl groups is 2. The summed E-state index contributed by atoms with van der Waals surface area (Å²) in [6.07, 6.45) is 0.827. The maximum Gasteiger partial charge on any atom is 0.306 e.